The van der Waals surface area contributed by atoms with Gasteiger partial charge in [-0.05, 0) is 32.4 Å². The minimum absolute atomic E-state index is 0.998. The van der Waals surface area contributed by atoms with Crippen LogP contribution in [0.25, 0.3) is 11.0 Å². The Morgan fingerprint density at radius 3 is 3.14 bits per heavy atom. The number of hydrogen-bond donors (Lipinski definition) is 0. The molecular weight excluding hydrogens is 307 g/mol. The second-order valence-corrected chi connectivity index (χ2v) is 4.54. The van der Waals surface area contributed by atoms with E-state index < -0.39 is 0 Å². The molecule has 1 aromatic heterocycles. The zero-order chi connectivity index (χ0) is 9.97. The fourth-order valence-corrected chi connectivity index (χ4v) is 1.78. The molecule has 0 fully saturated rings. The Kier molecular flexibility index (Phi) is 2.99. The van der Waals surface area contributed by atoms with Crippen LogP contribution in [0.2, 0.25) is 0 Å². The molecule has 0 atom stereocenters. The third-order valence-electron chi connectivity index (χ3n) is 1.96. The van der Waals surface area contributed by atoms with Crippen LogP contribution in [0, 0.1) is 11.2 Å². The molecule has 2 aromatic rings. The van der Waals surface area contributed by atoms with Crippen molar-refractivity contribution in [2.75, 3.05) is 0 Å². The van der Waals surface area contributed by atoms with Crippen molar-refractivity contribution in [2.45, 2.75) is 0 Å². The Balaban J connectivity index is 2.52. The maximum atomic E-state index is 4.27. The molecule has 0 spiro atoms. The van der Waals surface area contributed by atoms with Crippen LogP contribution in [0.3, 0.4) is 0 Å². The Morgan fingerprint density at radius 2 is 2.36 bits per heavy atom. The Hall–Kier alpha value is -0.670. The Labute approximate surface area is 98.7 Å². The third-order valence-corrected chi connectivity index (χ3v) is 2.80. The van der Waals surface area contributed by atoms with Gasteiger partial charge in [-0.25, -0.2) is 4.98 Å². The number of fused-ring (bicyclic) bond motifs is 1. The molecule has 0 unspecified atom stereocenters. The summed E-state index contributed by atoms with van der Waals surface area (Å²) in [5.41, 5.74) is 3.15. The van der Waals surface area contributed by atoms with Crippen LogP contribution in [0.15, 0.2) is 24.5 Å². The maximum absolute atomic E-state index is 4.27. The molecule has 0 radical (unpaired) electrons. The second kappa shape index (κ2) is 4.24. The van der Waals surface area contributed by atoms with Gasteiger partial charge in [-0.1, -0.05) is 5.92 Å². The van der Waals surface area contributed by atoms with Gasteiger partial charge in [-0.3, -0.25) is 0 Å². The van der Waals surface area contributed by atoms with Gasteiger partial charge < -0.3 is 4.57 Å². The van der Waals surface area contributed by atoms with E-state index in [0.717, 1.165) is 16.6 Å². The molecule has 0 amide bonds. The fraction of sp³-hybridized carbons (Fsp3) is 0.100. The molecule has 0 bridgehead atoms. The first-order valence-corrected chi connectivity index (χ1v) is 7.37. The van der Waals surface area contributed by atoms with Crippen LogP contribution in [-0.4, -0.2) is 9.55 Å². The van der Waals surface area contributed by atoms with Gasteiger partial charge in [-0.15, -0.1) is 0 Å². The highest BCUT2D eigenvalue weighted by Crippen LogP contribution is 2.14. The summed E-state index contributed by atoms with van der Waals surface area (Å²) in [5, 5.41) is 2.95. The van der Waals surface area contributed by atoms with Crippen LogP contribution in [0.1, 0.15) is 5.56 Å². The van der Waals surface area contributed by atoms with E-state index in [-0.39, 0.29) is 0 Å². The van der Waals surface area contributed by atoms with Crippen molar-refractivity contribution in [1.29, 1.82) is 0 Å². The summed E-state index contributed by atoms with van der Waals surface area (Å²) in [6.07, 6.45) is 1.81. The Morgan fingerprint density at radius 1 is 1.50 bits per heavy atom. The van der Waals surface area contributed by atoms with Gasteiger partial charge in [0.15, 0.2) is 0 Å². The van der Waals surface area contributed by atoms with Gasteiger partial charge in [0.2, 0.25) is 0 Å². The Bertz CT molecular complexity index is 522. The van der Waals surface area contributed by atoms with Gasteiger partial charge in [0.05, 0.1) is 17.4 Å². The van der Waals surface area contributed by atoms with Crippen molar-refractivity contribution in [3.63, 3.8) is 0 Å². The highest BCUT2D eigenvalue weighted by molar-refractivity contribution is 14.2. The highest BCUT2D eigenvalue weighted by Gasteiger charge is 1.98. The van der Waals surface area contributed by atoms with Gasteiger partial charge in [-0.2, -0.15) is 0 Å². The number of imidazole rings is 1. The molecule has 1 heterocycles. The third kappa shape index (κ3) is 1.88. The topological polar surface area (TPSA) is 17.8 Å². The van der Waals surface area contributed by atoms with E-state index in [2.05, 4.69) is 37.4 Å². The van der Waals surface area contributed by atoms with Gasteiger partial charge in [0.25, 0.3) is 0 Å². The molecule has 0 saturated heterocycles. The number of nitrogens with zero attached hydrogens (tertiary/aromatic N) is 2. The molecule has 2 nitrogen and oxygen atoms in total. The zero-order valence-corrected chi connectivity index (χ0v) is 10.5. The molecule has 70 valence electrons. The standard InChI is InChI=1S/C10H7IN2S/c1-13-7-12-9-6-8(4-5-14-11)2-3-10(9)13/h2-3,6-7H,1H3. The average molecular weight is 314 g/mol. The van der Waals surface area contributed by atoms with Crippen LogP contribution < -0.4 is 0 Å². The van der Waals surface area contributed by atoms with E-state index in [0.29, 0.717) is 0 Å². The summed E-state index contributed by atoms with van der Waals surface area (Å²) < 4.78 is 2.00. The molecule has 1 aromatic carbocycles. The summed E-state index contributed by atoms with van der Waals surface area (Å²) in [5.74, 6) is 3.05. The predicted molar refractivity (Wildman–Crippen MR) is 69.2 cm³/mol. The first kappa shape index (κ1) is 9.87. The largest absolute Gasteiger partial charge is 0.334 e. The maximum Gasteiger partial charge on any atom is 0.0955 e. The van der Waals surface area contributed by atoms with Crippen molar-refractivity contribution in [1.82, 2.24) is 9.55 Å². The number of benzene rings is 1. The summed E-state index contributed by atoms with van der Waals surface area (Å²) in [7, 11) is 3.48. The molecule has 4 heteroatoms. The number of rotatable bonds is 0. The summed E-state index contributed by atoms with van der Waals surface area (Å²) in [4.78, 5) is 4.27. The summed E-state index contributed by atoms with van der Waals surface area (Å²) in [6, 6.07) is 6.07. The smallest absolute Gasteiger partial charge is 0.0955 e. The number of halogens is 1. The fourth-order valence-electron chi connectivity index (χ4n) is 1.29. The van der Waals surface area contributed by atoms with Crippen molar-refractivity contribution in [3.8, 4) is 11.2 Å². The van der Waals surface area contributed by atoms with E-state index in [1.165, 1.54) is 8.93 Å². The highest BCUT2D eigenvalue weighted by atomic mass is 127. The minimum atomic E-state index is 0.998. The second-order valence-electron chi connectivity index (χ2n) is 2.86. The lowest BCUT2D eigenvalue weighted by Crippen LogP contribution is -1.83. The van der Waals surface area contributed by atoms with Crippen molar-refractivity contribution in [2.24, 2.45) is 7.05 Å². The van der Waals surface area contributed by atoms with Gasteiger partial charge >= 0.3 is 0 Å². The van der Waals surface area contributed by atoms with E-state index in [1.807, 2.05) is 36.1 Å². The number of hydrogen-bond acceptors (Lipinski definition) is 2. The van der Waals surface area contributed by atoms with Gasteiger partial charge in [0.1, 0.15) is 0 Å². The zero-order valence-electron chi connectivity index (χ0n) is 7.49. The lowest BCUT2D eigenvalue weighted by atomic mass is 10.2. The van der Waals surface area contributed by atoms with Crippen molar-refractivity contribution < 1.29 is 0 Å². The monoisotopic (exact) mass is 314 g/mol. The number of aryl methyl sites for hydroxylation is 1. The minimum Gasteiger partial charge on any atom is -0.334 e. The quantitative estimate of drug-likeness (QED) is 0.550. The van der Waals surface area contributed by atoms with Crippen LogP contribution in [-0.2, 0) is 7.05 Å². The molecule has 0 aliphatic heterocycles. The first-order chi connectivity index (χ1) is 6.81. The van der Waals surface area contributed by atoms with Crippen LogP contribution in [0.4, 0.5) is 0 Å². The van der Waals surface area contributed by atoms with Crippen LogP contribution in [0.5, 0.6) is 0 Å². The number of aromatic nitrogens is 2. The summed E-state index contributed by atoms with van der Waals surface area (Å²) >= 11 is 2.16. The van der Waals surface area contributed by atoms with Gasteiger partial charge in [0, 0.05) is 33.8 Å². The molecule has 0 saturated carbocycles. The van der Waals surface area contributed by atoms with E-state index in [4.69, 9.17) is 0 Å². The van der Waals surface area contributed by atoms with Crippen LogP contribution >= 0.6 is 30.1 Å². The van der Waals surface area contributed by atoms with E-state index in [9.17, 15) is 0 Å². The normalized spacial score (nSPS) is 9.86. The molecule has 2 rings (SSSR count). The first-order valence-electron chi connectivity index (χ1n) is 4.01. The average Bonchev–Trinajstić information content (AvgIpc) is 2.57. The lowest BCUT2D eigenvalue weighted by Gasteiger charge is -1.93. The molecule has 0 aliphatic rings. The summed E-state index contributed by atoms with van der Waals surface area (Å²) in [6.45, 7) is 0. The van der Waals surface area contributed by atoms with Crippen molar-refractivity contribution >= 4 is 41.2 Å². The van der Waals surface area contributed by atoms with E-state index >= 15 is 0 Å². The molecule has 0 N–H and O–H groups in total. The van der Waals surface area contributed by atoms with E-state index in [1.54, 1.807) is 0 Å². The predicted octanol–water partition coefficient (Wildman–Crippen LogP) is 2.97. The molecule has 0 aliphatic carbocycles. The van der Waals surface area contributed by atoms with Crippen molar-refractivity contribution in [3.05, 3.63) is 30.1 Å². The molecular formula is C10H7IN2S. The molecule has 14 heavy (non-hydrogen) atoms. The lowest BCUT2D eigenvalue weighted by molar-refractivity contribution is 0.947. The SMILES string of the molecule is Cn1cnc2cc(C#CSI)ccc21.